The minimum absolute atomic E-state index is 0.0380. The zero-order valence-electron chi connectivity index (χ0n) is 20.7. The number of carbonyl (C=O) groups excluding carboxylic acids is 1. The van der Waals surface area contributed by atoms with Gasteiger partial charge in [-0.15, -0.1) is 0 Å². The minimum Gasteiger partial charge on any atom is -0.508 e. The molecule has 0 spiro atoms. The first kappa shape index (κ1) is 23.8. The van der Waals surface area contributed by atoms with E-state index in [2.05, 4.69) is 32.1 Å². The average Bonchev–Trinajstić information content (AvgIpc) is 3.49. The number of fused-ring (bicyclic) bond motifs is 1. The minimum atomic E-state index is -0.306. The van der Waals surface area contributed by atoms with E-state index >= 15 is 0 Å². The van der Waals surface area contributed by atoms with Crippen molar-refractivity contribution in [3.05, 3.63) is 102 Å². The number of nitrogens with zero attached hydrogens (tertiary/aromatic N) is 6. The van der Waals surface area contributed by atoms with Gasteiger partial charge in [-0.2, -0.15) is 0 Å². The zero-order valence-corrected chi connectivity index (χ0v) is 20.7. The lowest BCUT2D eigenvalue weighted by molar-refractivity contribution is 0.102. The van der Waals surface area contributed by atoms with Gasteiger partial charge in [0.1, 0.15) is 17.3 Å². The quantitative estimate of drug-likeness (QED) is 0.364. The second-order valence-electron chi connectivity index (χ2n) is 8.87. The topological polar surface area (TPSA) is 101 Å². The van der Waals surface area contributed by atoms with E-state index in [1.165, 1.54) is 6.07 Å². The molecule has 184 valence electrons. The molecule has 9 heteroatoms. The normalized spacial score (nSPS) is 10.9. The highest BCUT2D eigenvalue weighted by Crippen LogP contribution is 2.24. The lowest BCUT2D eigenvalue weighted by atomic mass is 10.0. The molecule has 37 heavy (non-hydrogen) atoms. The van der Waals surface area contributed by atoms with Crippen LogP contribution in [0.15, 0.2) is 73.6 Å². The van der Waals surface area contributed by atoms with Crippen LogP contribution in [0.1, 0.15) is 33.0 Å². The molecule has 0 aliphatic heterocycles. The van der Waals surface area contributed by atoms with Crippen LogP contribution in [0.3, 0.4) is 0 Å². The summed E-state index contributed by atoms with van der Waals surface area (Å²) in [7, 11) is 3.92. The maximum atomic E-state index is 13.1. The van der Waals surface area contributed by atoms with Gasteiger partial charge in [-0.05, 0) is 50.7 Å². The third kappa shape index (κ3) is 5.19. The van der Waals surface area contributed by atoms with Crippen molar-refractivity contribution in [3.8, 4) is 23.3 Å². The van der Waals surface area contributed by atoms with Gasteiger partial charge < -0.3 is 19.9 Å². The van der Waals surface area contributed by atoms with Crippen molar-refractivity contribution in [1.29, 1.82) is 0 Å². The Balaban J connectivity index is 1.40. The van der Waals surface area contributed by atoms with Crippen molar-refractivity contribution in [1.82, 2.24) is 28.8 Å². The number of benzene rings is 2. The number of hydrogen-bond acceptors (Lipinski definition) is 6. The predicted molar refractivity (Wildman–Crippen MR) is 141 cm³/mol. The Bertz CT molecular complexity index is 1670. The summed E-state index contributed by atoms with van der Waals surface area (Å²) in [6.07, 6.45) is 10.4. The smallest absolute Gasteiger partial charge is 0.255 e. The van der Waals surface area contributed by atoms with Gasteiger partial charge in [0.25, 0.3) is 5.91 Å². The number of hydrogen-bond donors (Lipinski definition) is 2. The summed E-state index contributed by atoms with van der Waals surface area (Å²) >= 11 is 0. The van der Waals surface area contributed by atoms with Gasteiger partial charge in [0.05, 0.1) is 24.6 Å². The molecule has 0 aliphatic carbocycles. The number of phenolic OH excluding ortho intramolecular Hbond substituents is 1. The fourth-order valence-corrected chi connectivity index (χ4v) is 3.94. The standard InChI is InChI=1S/C28H25N7O2/c1-19-4-5-21(12-20(19)6-7-23-16-31-26-17-29-8-10-34(23)26)28(37)32-22-13-24(15-25(36)14-22)35-11-9-30-27(35)18-33(2)3/h4-5,8-17,36H,18H2,1-3H3,(H,32,37). The van der Waals surface area contributed by atoms with Crippen LogP contribution < -0.4 is 5.32 Å². The lowest BCUT2D eigenvalue weighted by Gasteiger charge is -2.14. The zero-order chi connectivity index (χ0) is 25.9. The summed E-state index contributed by atoms with van der Waals surface area (Å²) in [5.41, 5.74) is 4.75. The number of aryl methyl sites for hydroxylation is 1. The summed E-state index contributed by atoms with van der Waals surface area (Å²) < 4.78 is 3.74. The van der Waals surface area contributed by atoms with Crippen molar-refractivity contribution < 1.29 is 9.90 Å². The molecule has 9 nitrogen and oxygen atoms in total. The van der Waals surface area contributed by atoms with E-state index in [0.29, 0.717) is 29.1 Å². The maximum Gasteiger partial charge on any atom is 0.255 e. The van der Waals surface area contributed by atoms with Gasteiger partial charge in [0.2, 0.25) is 0 Å². The van der Waals surface area contributed by atoms with E-state index in [4.69, 9.17) is 0 Å². The number of imidazole rings is 2. The first-order chi connectivity index (χ1) is 17.9. The molecular formula is C28H25N7O2. The Morgan fingerprint density at radius 2 is 1.92 bits per heavy atom. The molecule has 0 aliphatic rings. The van der Waals surface area contributed by atoms with E-state index in [1.807, 2.05) is 47.1 Å². The number of amides is 1. The van der Waals surface area contributed by atoms with Crippen LogP contribution in [0, 0.1) is 18.8 Å². The van der Waals surface area contributed by atoms with E-state index in [1.54, 1.807) is 55.2 Å². The van der Waals surface area contributed by atoms with Crippen molar-refractivity contribution in [2.24, 2.45) is 0 Å². The number of rotatable bonds is 5. The monoisotopic (exact) mass is 491 g/mol. The molecule has 3 heterocycles. The van der Waals surface area contributed by atoms with Crippen LogP contribution in [-0.4, -0.2) is 53.9 Å². The lowest BCUT2D eigenvalue weighted by Crippen LogP contribution is -2.15. The molecule has 1 amide bonds. The molecule has 0 saturated heterocycles. The Morgan fingerprint density at radius 3 is 2.76 bits per heavy atom. The highest BCUT2D eigenvalue weighted by atomic mass is 16.3. The van der Waals surface area contributed by atoms with Gasteiger partial charge in [-0.3, -0.25) is 14.2 Å². The van der Waals surface area contributed by atoms with Gasteiger partial charge >= 0.3 is 0 Å². The number of anilines is 1. The number of carbonyl (C=O) groups is 1. The molecule has 0 bridgehead atoms. The largest absolute Gasteiger partial charge is 0.508 e. The number of aromatic nitrogens is 5. The van der Waals surface area contributed by atoms with Gasteiger partial charge in [-0.1, -0.05) is 12.0 Å². The summed E-state index contributed by atoms with van der Waals surface area (Å²) in [5.74, 6) is 6.84. The average molecular weight is 492 g/mol. The second kappa shape index (κ2) is 9.97. The molecule has 2 N–H and O–H groups in total. The van der Waals surface area contributed by atoms with Crippen LogP contribution in [0.2, 0.25) is 0 Å². The first-order valence-electron chi connectivity index (χ1n) is 11.6. The van der Waals surface area contributed by atoms with Gasteiger partial charge in [0, 0.05) is 53.7 Å². The second-order valence-corrected chi connectivity index (χ2v) is 8.87. The molecule has 5 aromatic rings. The molecule has 2 aromatic carbocycles. The van der Waals surface area contributed by atoms with Crippen molar-refractivity contribution in [2.75, 3.05) is 19.4 Å². The molecule has 3 aromatic heterocycles. The van der Waals surface area contributed by atoms with Crippen LogP contribution in [0.25, 0.3) is 11.3 Å². The number of phenols is 1. The van der Waals surface area contributed by atoms with Crippen LogP contribution in [0.5, 0.6) is 5.75 Å². The fourth-order valence-electron chi connectivity index (χ4n) is 3.94. The van der Waals surface area contributed by atoms with E-state index in [-0.39, 0.29) is 11.7 Å². The van der Waals surface area contributed by atoms with Crippen LogP contribution in [-0.2, 0) is 6.54 Å². The van der Waals surface area contributed by atoms with Gasteiger partial charge in [-0.25, -0.2) is 9.97 Å². The summed E-state index contributed by atoms with van der Waals surface area (Å²) in [4.78, 5) is 27.9. The third-order valence-electron chi connectivity index (χ3n) is 5.76. The molecular weight excluding hydrogens is 466 g/mol. The van der Waals surface area contributed by atoms with Crippen LogP contribution >= 0.6 is 0 Å². The van der Waals surface area contributed by atoms with E-state index < -0.39 is 0 Å². The number of aromatic hydroxyl groups is 1. The van der Waals surface area contributed by atoms with Crippen molar-refractivity contribution in [2.45, 2.75) is 13.5 Å². The molecule has 0 unspecified atom stereocenters. The summed E-state index contributed by atoms with van der Waals surface area (Å²) in [6.45, 7) is 2.57. The van der Waals surface area contributed by atoms with E-state index in [0.717, 1.165) is 22.6 Å². The molecule has 0 atom stereocenters. The summed E-state index contributed by atoms with van der Waals surface area (Å²) in [6, 6.07) is 10.3. The first-order valence-corrected chi connectivity index (χ1v) is 11.6. The molecule has 0 radical (unpaired) electrons. The Labute approximate surface area is 214 Å². The highest BCUT2D eigenvalue weighted by molar-refractivity contribution is 6.04. The SMILES string of the molecule is Cc1ccc(C(=O)Nc2cc(O)cc(-n3ccnc3CN(C)C)c2)cc1C#Cc1cnc2cnccn12. The molecule has 0 fully saturated rings. The predicted octanol–water partition coefficient (Wildman–Crippen LogP) is 3.64. The maximum absolute atomic E-state index is 13.1. The molecule has 0 saturated carbocycles. The molecule has 5 rings (SSSR count). The van der Waals surface area contributed by atoms with Crippen molar-refractivity contribution >= 4 is 17.2 Å². The van der Waals surface area contributed by atoms with Crippen molar-refractivity contribution in [3.63, 3.8) is 0 Å². The highest BCUT2D eigenvalue weighted by Gasteiger charge is 2.12. The Morgan fingerprint density at radius 1 is 1.05 bits per heavy atom. The fraction of sp³-hybridized carbons (Fsp3) is 0.143. The Hall–Kier alpha value is -4.94. The number of nitrogens with one attached hydrogen (secondary N) is 1. The summed E-state index contributed by atoms with van der Waals surface area (Å²) in [5, 5.41) is 13.2. The third-order valence-corrected chi connectivity index (χ3v) is 5.76. The van der Waals surface area contributed by atoms with E-state index in [9.17, 15) is 9.90 Å². The van der Waals surface area contributed by atoms with Crippen LogP contribution in [0.4, 0.5) is 5.69 Å². The Kier molecular flexibility index (Phi) is 6.41. The van der Waals surface area contributed by atoms with Gasteiger partial charge in [0.15, 0.2) is 5.65 Å².